The van der Waals surface area contributed by atoms with Gasteiger partial charge in [-0.1, -0.05) is 36.0 Å². The molecular weight excluding hydrogens is 459 g/mol. The normalized spacial score (nSPS) is 14.4. The predicted molar refractivity (Wildman–Crippen MR) is 121 cm³/mol. The molecule has 0 aliphatic carbocycles. The Balaban J connectivity index is 1.55. The Morgan fingerprint density at radius 1 is 1.06 bits per heavy atom. The molecule has 0 radical (unpaired) electrons. The van der Waals surface area contributed by atoms with Crippen molar-refractivity contribution in [3.63, 3.8) is 0 Å². The molecule has 3 aromatic rings. The van der Waals surface area contributed by atoms with Gasteiger partial charge in [-0.3, -0.25) is 4.79 Å². The fraction of sp³-hybridized carbons (Fsp3) is 0.217. The van der Waals surface area contributed by atoms with Gasteiger partial charge in [0.05, 0.1) is 22.0 Å². The third kappa shape index (κ3) is 4.66. The fourth-order valence-corrected chi connectivity index (χ4v) is 4.21. The molecule has 0 bridgehead atoms. The van der Waals surface area contributed by atoms with E-state index >= 15 is 0 Å². The second-order valence-corrected chi connectivity index (χ2v) is 8.37. The van der Waals surface area contributed by atoms with E-state index in [-0.39, 0.29) is 44.2 Å². The number of aromatic nitrogens is 1. The van der Waals surface area contributed by atoms with Gasteiger partial charge in [-0.05, 0) is 48.6 Å². The minimum Gasteiger partial charge on any atom is -0.351 e. The summed E-state index contributed by atoms with van der Waals surface area (Å²) >= 11 is 11.5. The van der Waals surface area contributed by atoms with Crippen molar-refractivity contribution in [3.05, 3.63) is 86.9 Å². The van der Waals surface area contributed by atoms with Crippen LogP contribution in [-0.4, -0.2) is 28.9 Å². The minimum absolute atomic E-state index is 0.0297. The van der Waals surface area contributed by atoms with Crippen molar-refractivity contribution in [1.82, 2.24) is 9.88 Å². The lowest BCUT2D eigenvalue weighted by molar-refractivity contribution is 0.0713. The molecule has 2 N–H and O–H groups in total. The first-order valence-electron chi connectivity index (χ1n) is 10.0. The zero-order chi connectivity index (χ0) is 22.8. The highest BCUT2D eigenvalue weighted by Gasteiger charge is 2.27. The van der Waals surface area contributed by atoms with Crippen molar-refractivity contribution in [2.24, 2.45) is 0 Å². The molecule has 1 saturated heterocycles. The van der Waals surface area contributed by atoms with Crippen LogP contribution in [0.4, 0.5) is 24.5 Å². The number of H-pyrrole nitrogens is 1. The average molecular weight is 478 g/mol. The monoisotopic (exact) mass is 477 g/mol. The molecule has 9 heteroatoms. The molecule has 0 atom stereocenters. The predicted octanol–water partition coefficient (Wildman–Crippen LogP) is 6.58. The second-order valence-electron chi connectivity index (χ2n) is 7.59. The van der Waals surface area contributed by atoms with Gasteiger partial charge >= 0.3 is 0 Å². The maximum Gasteiger partial charge on any atom is 0.257 e. The molecule has 1 aromatic heterocycles. The van der Waals surface area contributed by atoms with Crippen LogP contribution in [0.5, 0.6) is 0 Å². The number of carbonyl (C=O) groups is 1. The Morgan fingerprint density at radius 3 is 2.38 bits per heavy atom. The summed E-state index contributed by atoms with van der Waals surface area (Å²) in [5.41, 5.74) is 1.37. The van der Waals surface area contributed by atoms with Crippen LogP contribution in [0.25, 0.3) is 0 Å². The molecular formula is C23H19ClF3N3OS. The zero-order valence-electron chi connectivity index (χ0n) is 16.8. The Hall–Kier alpha value is -2.84. The van der Waals surface area contributed by atoms with E-state index in [1.165, 1.54) is 24.4 Å². The van der Waals surface area contributed by atoms with Gasteiger partial charge in [-0.2, -0.15) is 0 Å². The lowest BCUT2D eigenvalue weighted by atomic mass is 9.89. The number of hydrogen-bond donors (Lipinski definition) is 2. The van der Waals surface area contributed by atoms with Crippen molar-refractivity contribution in [1.29, 1.82) is 0 Å². The third-order valence-corrected chi connectivity index (χ3v) is 6.39. The number of carbonyl (C=O) groups excluding carboxylic acids is 1. The molecule has 1 aliphatic heterocycles. The number of aromatic amines is 1. The molecule has 1 aliphatic rings. The summed E-state index contributed by atoms with van der Waals surface area (Å²) in [7, 11) is 0. The Labute approximate surface area is 193 Å². The van der Waals surface area contributed by atoms with Gasteiger partial charge in [0.2, 0.25) is 0 Å². The van der Waals surface area contributed by atoms with Gasteiger partial charge in [0.25, 0.3) is 5.91 Å². The van der Waals surface area contributed by atoms with E-state index in [0.29, 0.717) is 13.1 Å². The van der Waals surface area contributed by atoms with Crippen LogP contribution in [0.1, 0.15) is 34.7 Å². The molecule has 32 heavy (non-hydrogen) atoms. The van der Waals surface area contributed by atoms with Crippen molar-refractivity contribution in [2.75, 3.05) is 18.4 Å². The van der Waals surface area contributed by atoms with Crippen LogP contribution in [0.2, 0.25) is 5.02 Å². The summed E-state index contributed by atoms with van der Waals surface area (Å²) in [5.74, 6) is -1.88. The van der Waals surface area contributed by atoms with Gasteiger partial charge in [0.1, 0.15) is 22.1 Å². The molecule has 0 unspecified atom stereocenters. The molecule has 2 aromatic carbocycles. The lowest BCUT2D eigenvalue weighted by Gasteiger charge is -2.32. The number of likely N-dealkylation sites (tertiary alicyclic amines) is 1. The summed E-state index contributed by atoms with van der Waals surface area (Å²) in [6.07, 6.45) is 2.89. The summed E-state index contributed by atoms with van der Waals surface area (Å²) in [6.45, 7) is 0.997. The number of anilines is 2. The van der Waals surface area contributed by atoms with Crippen LogP contribution in [0.15, 0.2) is 48.7 Å². The van der Waals surface area contributed by atoms with E-state index in [2.05, 4.69) is 10.3 Å². The first-order chi connectivity index (χ1) is 15.3. The zero-order valence-corrected chi connectivity index (χ0v) is 18.4. The molecule has 0 spiro atoms. The number of hydrogen-bond acceptors (Lipinski definition) is 3. The maximum absolute atomic E-state index is 14.2. The highest BCUT2D eigenvalue weighted by atomic mass is 35.5. The number of rotatable bonds is 4. The number of nitrogens with one attached hydrogen (secondary N) is 2. The van der Waals surface area contributed by atoms with Crippen LogP contribution in [-0.2, 0) is 0 Å². The molecule has 1 amide bonds. The number of benzene rings is 2. The van der Waals surface area contributed by atoms with Crippen LogP contribution in [0.3, 0.4) is 0 Å². The topological polar surface area (TPSA) is 48.1 Å². The lowest BCUT2D eigenvalue weighted by Crippen LogP contribution is -2.38. The van der Waals surface area contributed by atoms with Crippen molar-refractivity contribution in [3.8, 4) is 0 Å². The second kappa shape index (κ2) is 9.34. The minimum atomic E-state index is -0.821. The number of halogens is 4. The Morgan fingerprint density at radius 2 is 1.72 bits per heavy atom. The molecule has 1 fully saturated rings. The first-order valence-corrected chi connectivity index (χ1v) is 10.8. The number of amides is 1. The maximum atomic E-state index is 14.2. The van der Waals surface area contributed by atoms with Crippen LogP contribution in [0, 0.1) is 22.1 Å². The number of pyridine rings is 1. The highest BCUT2D eigenvalue weighted by molar-refractivity contribution is 7.71. The van der Waals surface area contributed by atoms with Gasteiger partial charge in [-0.25, -0.2) is 13.2 Å². The summed E-state index contributed by atoms with van der Waals surface area (Å²) in [4.78, 5) is 17.7. The molecule has 2 heterocycles. The van der Waals surface area contributed by atoms with Crippen LogP contribution >= 0.6 is 23.8 Å². The number of piperidine rings is 1. The fourth-order valence-electron chi connectivity index (χ4n) is 3.84. The van der Waals surface area contributed by atoms with Crippen molar-refractivity contribution >= 4 is 41.1 Å². The average Bonchev–Trinajstić information content (AvgIpc) is 2.79. The van der Waals surface area contributed by atoms with Gasteiger partial charge < -0.3 is 15.2 Å². The van der Waals surface area contributed by atoms with Gasteiger partial charge in [0, 0.05) is 25.4 Å². The summed E-state index contributed by atoms with van der Waals surface area (Å²) < 4.78 is 40.8. The number of nitrogens with zero attached hydrogens (tertiary/aromatic N) is 1. The first kappa shape index (κ1) is 22.4. The Kier molecular flexibility index (Phi) is 6.53. The van der Waals surface area contributed by atoms with Gasteiger partial charge in [0.15, 0.2) is 0 Å². The quantitative estimate of drug-likeness (QED) is 0.417. The van der Waals surface area contributed by atoms with E-state index in [1.54, 1.807) is 17.0 Å². The SMILES string of the molecule is O=C(c1c[nH]c(=S)c(Cl)c1Nc1ccc(F)cc1F)N1CCC(c2ccc(F)cc2)CC1. The van der Waals surface area contributed by atoms with E-state index in [9.17, 15) is 18.0 Å². The van der Waals surface area contributed by atoms with E-state index in [1.807, 2.05) is 0 Å². The van der Waals surface area contributed by atoms with E-state index < -0.39 is 11.6 Å². The van der Waals surface area contributed by atoms with Crippen molar-refractivity contribution in [2.45, 2.75) is 18.8 Å². The largest absolute Gasteiger partial charge is 0.351 e. The van der Waals surface area contributed by atoms with Crippen LogP contribution < -0.4 is 5.32 Å². The van der Waals surface area contributed by atoms with E-state index in [4.69, 9.17) is 23.8 Å². The van der Waals surface area contributed by atoms with Crippen molar-refractivity contribution < 1.29 is 18.0 Å². The smallest absolute Gasteiger partial charge is 0.257 e. The molecule has 4 nitrogen and oxygen atoms in total. The standard InChI is InChI=1S/C23H19ClF3N3OS/c24-20-21(29-19-6-5-16(26)11-18(19)27)17(12-28-22(20)32)23(31)30-9-7-14(8-10-30)13-1-3-15(25)4-2-13/h1-6,11-12,14H,7-10H2,(H2,28,29,32). The van der Waals surface area contributed by atoms with E-state index in [0.717, 1.165) is 30.5 Å². The van der Waals surface area contributed by atoms with Gasteiger partial charge in [-0.15, -0.1) is 0 Å². The Bertz CT molecular complexity index is 1210. The molecule has 166 valence electrons. The summed E-state index contributed by atoms with van der Waals surface area (Å²) in [6, 6.07) is 9.48. The molecule has 0 saturated carbocycles. The summed E-state index contributed by atoms with van der Waals surface area (Å²) in [5, 5.41) is 2.86. The molecule has 4 rings (SSSR count). The third-order valence-electron chi connectivity index (χ3n) is 5.58. The highest BCUT2D eigenvalue weighted by Crippen LogP contribution is 2.33.